The summed E-state index contributed by atoms with van der Waals surface area (Å²) in [6.07, 6.45) is 2.13. The fraction of sp³-hybridized carbons (Fsp3) is 0.417. The second-order valence-corrected chi connectivity index (χ2v) is 8.50. The SMILES string of the molecule is COc1cccc2c(C3CCN(c4ccc5oc(N6CCOCC6)nc5c4)CC3)n[nH]c12. The number of aromatic amines is 1. The van der Waals surface area contributed by atoms with Gasteiger partial charge in [0.1, 0.15) is 16.8 Å². The molecule has 0 atom stereocenters. The van der Waals surface area contributed by atoms with Gasteiger partial charge in [0.05, 0.1) is 26.0 Å². The third-order valence-electron chi connectivity index (χ3n) is 6.70. The van der Waals surface area contributed by atoms with Crippen LogP contribution in [0.2, 0.25) is 0 Å². The molecule has 0 aliphatic carbocycles. The number of oxazole rings is 1. The van der Waals surface area contributed by atoms with Crippen LogP contribution in [0.15, 0.2) is 40.8 Å². The van der Waals surface area contributed by atoms with Crippen LogP contribution in [0.25, 0.3) is 22.0 Å². The molecule has 0 amide bonds. The first-order valence-corrected chi connectivity index (χ1v) is 11.3. The maximum absolute atomic E-state index is 5.99. The molecule has 2 aromatic heterocycles. The van der Waals surface area contributed by atoms with E-state index in [1.165, 1.54) is 11.1 Å². The first-order chi connectivity index (χ1) is 15.8. The molecule has 32 heavy (non-hydrogen) atoms. The quantitative estimate of drug-likeness (QED) is 0.522. The van der Waals surface area contributed by atoms with Crippen molar-refractivity contribution < 1.29 is 13.9 Å². The van der Waals surface area contributed by atoms with Crippen molar-refractivity contribution in [1.29, 1.82) is 0 Å². The normalized spacial score (nSPS) is 18.0. The monoisotopic (exact) mass is 433 g/mol. The molecule has 4 heterocycles. The number of benzene rings is 2. The molecule has 0 saturated carbocycles. The predicted octanol–water partition coefficient (Wildman–Crippen LogP) is 3.93. The molecule has 0 spiro atoms. The molecule has 1 N–H and O–H groups in total. The largest absolute Gasteiger partial charge is 0.494 e. The van der Waals surface area contributed by atoms with Gasteiger partial charge in [0.2, 0.25) is 0 Å². The number of piperidine rings is 1. The molecule has 2 fully saturated rings. The highest BCUT2D eigenvalue weighted by Gasteiger charge is 2.25. The van der Waals surface area contributed by atoms with Gasteiger partial charge in [0, 0.05) is 43.2 Å². The van der Waals surface area contributed by atoms with Gasteiger partial charge < -0.3 is 23.7 Å². The van der Waals surface area contributed by atoms with Crippen molar-refractivity contribution in [3.8, 4) is 5.75 Å². The Balaban J connectivity index is 1.18. The lowest BCUT2D eigenvalue weighted by molar-refractivity contribution is 0.120. The second-order valence-electron chi connectivity index (χ2n) is 8.50. The molecule has 8 nitrogen and oxygen atoms in total. The first-order valence-electron chi connectivity index (χ1n) is 11.3. The molecular formula is C24H27N5O3. The molecular weight excluding hydrogens is 406 g/mol. The zero-order valence-corrected chi connectivity index (χ0v) is 18.2. The number of rotatable bonds is 4. The summed E-state index contributed by atoms with van der Waals surface area (Å²) in [7, 11) is 1.70. The summed E-state index contributed by atoms with van der Waals surface area (Å²) in [5, 5.41) is 9.00. The van der Waals surface area contributed by atoms with E-state index in [2.05, 4.69) is 38.2 Å². The molecule has 8 heteroatoms. The van der Waals surface area contributed by atoms with E-state index >= 15 is 0 Å². The minimum Gasteiger partial charge on any atom is -0.494 e. The van der Waals surface area contributed by atoms with Crippen LogP contribution in [0.3, 0.4) is 0 Å². The molecule has 6 rings (SSSR count). The maximum Gasteiger partial charge on any atom is 0.298 e. The Bertz CT molecular complexity index is 1240. The standard InChI is InChI=1S/C24H27N5O3/c1-30-21-4-2-3-18-22(26-27-23(18)21)16-7-9-28(10-8-16)17-5-6-20-19(15-17)25-24(32-20)29-11-13-31-14-12-29/h2-6,15-16H,7-14H2,1H3,(H,26,27). The Morgan fingerprint density at radius 2 is 1.88 bits per heavy atom. The van der Waals surface area contributed by atoms with Gasteiger partial charge in [-0.3, -0.25) is 5.10 Å². The van der Waals surface area contributed by atoms with Crippen molar-refractivity contribution in [3.63, 3.8) is 0 Å². The van der Waals surface area contributed by atoms with E-state index in [1.807, 2.05) is 18.2 Å². The summed E-state index contributed by atoms with van der Waals surface area (Å²) >= 11 is 0. The summed E-state index contributed by atoms with van der Waals surface area (Å²) in [5.41, 5.74) is 5.09. The smallest absolute Gasteiger partial charge is 0.298 e. The second kappa shape index (κ2) is 8.02. The molecule has 2 aliphatic rings. The van der Waals surface area contributed by atoms with Crippen LogP contribution in [-0.2, 0) is 4.74 Å². The number of nitrogens with one attached hydrogen (secondary N) is 1. The molecule has 0 radical (unpaired) electrons. The average molecular weight is 434 g/mol. The lowest BCUT2D eigenvalue weighted by Gasteiger charge is -2.33. The van der Waals surface area contributed by atoms with Gasteiger partial charge in [-0.2, -0.15) is 10.1 Å². The minimum atomic E-state index is 0.441. The summed E-state index contributed by atoms with van der Waals surface area (Å²) in [5.74, 6) is 1.28. The van der Waals surface area contributed by atoms with Crippen molar-refractivity contribution in [3.05, 3.63) is 42.1 Å². The van der Waals surface area contributed by atoms with Crippen molar-refractivity contribution in [2.45, 2.75) is 18.8 Å². The van der Waals surface area contributed by atoms with Gasteiger partial charge in [-0.25, -0.2) is 0 Å². The molecule has 166 valence electrons. The summed E-state index contributed by atoms with van der Waals surface area (Å²) in [6.45, 7) is 5.06. The van der Waals surface area contributed by atoms with Crippen LogP contribution >= 0.6 is 0 Å². The Labute approximate surface area is 186 Å². The van der Waals surface area contributed by atoms with Crippen molar-refractivity contribution in [2.75, 3.05) is 56.3 Å². The zero-order chi connectivity index (χ0) is 21.5. The fourth-order valence-electron chi connectivity index (χ4n) is 4.92. The van der Waals surface area contributed by atoms with Gasteiger partial charge in [-0.05, 0) is 37.1 Å². The number of H-pyrrole nitrogens is 1. The third kappa shape index (κ3) is 3.35. The van der Waals surface area contributed by atoms with E-state index in [-0.39, 0.29) is 0 Å². The van der Waals surface area contributed by atoms with Crippen molar-refractivity contribution in [2.24, 2.45) is 0 Å². The molecule has 4 aromatic rings. The van der Waals surface area contributed by atoms with Crippen LogP contribution in [0.4, 0.5) is 11.7 Å². The first kappa shape index (κ1) is 19.4. The zero-order valence-electron chi connectivity index (χ0n) is 18.2. The number of methoxy groups -OCH3 is 1. The third-order valence-corrected chi connectivity index (χ3v) is 6.70. The number of ether oxygens (including phenoxy) is 2. The van der Waals surface area contributed by atoms with Crippen LogP contribution < -0.4 is 14.5 Å². The number of nitrogens with zero attached hydrogens (tertiary/aromatic N) is 4. The van der Waals surface area contributed by atoms with Gasteiger partial charge in [-0.1, -0.05) is 12.1 Å². The Kier molecular flexibility index (Phi) is 4.87. The maximum atomic E-state index is 5.99. The predicted molar refractivity (Wildman–Crippen MR) is 124 cm³/mol. The van der Waals surface area contributed by atoms with E-state index in [0.717, 1.165) is 80.3 Å². The number of anilines is 2. The summed E-state index contributed by atoms with van der Waals surface area (Å²) in [4.78, 5) is 9.34. The van der Waals surface area contributed by atoms with Gasteiger partial charge >= 0.3 is 0 Å². The number of hydrogen-bond donors (Lipinski definition) is 1. The van der Waals surface area contributed by atoms with Crippen molar-refractivity contribution >= 4 is 33.7 Å². The van der Waals surface area contributed by atoms with Crippen LogP contribution in [0, 0.1) is 0 Å². The number of morpholine rings is 1. The number of hydrogen-bond acceptors (Lipinski definition) is 7. The minimum absolute atomic E-state index is 0.441. The number of aromatic nitrogens is 3. The van der Waals surface area contributed by atoms with E-state index in [0.29, 0.717) is 11.9 Å². The highest BCUT2D eigenvalue weighted by molar-refractivity contribution is 5.87. The van der Waals surface area contributed by atoms with E-state index in [4.69, 9.17) is 18.9 Å². The lowest BCUT2D eigenvalue weighted by atomic mass is 9.91. The Hall–Kier alpha value is -3.26. The van der Waals surface area contributed by atoms with Crippen LogP contribution in [0.1, 0.15) is 24.5 Å². The van der Waals surface area contributed by atoms with E-state index in [1.54, 1.807) is 7.11 Å². The molecule has 0 unspecified atom stereocenters. The fourth-order valence-corrected chi connectivity index (χ4v) is 4.92. The summed E-state index contributed by atoms with van der Waals surface area (Å²) < 4.78 is 16.9. The Morgan fingerprint density at radius 1 is 1.03 bits per heavy atom. The average Bonchev–Trinajstić information content (AvgIpc) is 3.48. The van der Waals surface area contributed by atoms with E-state index < -0.39 is 0 Å². The highest BCUT2D eigenvalue weighted by atomic mass is 16.5. The Morgan fingerprint density at radius 3 is 2.69 bits per heavy atom. The van der Waals surface area contributed by atoms with Crippen molar-refractivity contribution in [1.82, 2.24) is 15.2 Å². The van der Waals surface area contributed by atoms with Crippen LogP contribution in [0.5, 0.6) is 5.75 Å². The van der Waals surface area contributed by atoms with E-state index in [9.17, 15) is 0 Å². The number of fused-ring (bicyclic) bond motifs is 2. The molecule has 2 aromatic carbocycles. The topological polar surface area (TPSA) is 79.7 Å². The molecule has 2 aliphatic heterocycles. The van der Waals surface area contributed by atoms with Gasteiger partial charge in [0.15, 0.2) is 5.58 Å². The highest BCUT2D eigenvalue weighted by Crippen LogP contribution is 2.36. The van der Waals surface area contributed by atoms with Gasteiger partial charge in [0.25, 0.3) is 6.01 Å². The lowest BCUT2D eigenvalue weighted by Crippen LogP contribution is -2.36. The molecule has 2 saturated heterocycles. The van der Waals surface area contributed by atoms with Crippen LogP contribution in [-0.4, -0.2) is 61.7 Å². The summed E-state index contributed by atoms with van der Waals surface area (Å²) in [6, 6.07) is 13.2. The number of para-hydroxylation sites is 1. The molecule has 0 bridgehead atoms. The van der Waals surface area contributed by atoms with Gasteiger partial charge in [-0.15, -0.1) is 0 Å².